The summed E-state index contributed by atoms with van der Waals surface area (Å²) in [6.45, 7) is 6.68. The van der Waals surface area contributed by atoms with Gasteiger partial charge in [-0.25, -0.2) is 4.98 Å². The number of nitrogen functional groups attached to an aromatic ring is 1. The number of rotatable bonds is 2. The first-order chi connectivity index (χ1) is 8.06. The van der Waals surface area contributed by atoms with Crippen LogP contribution >= 0.6 is 0 Å². The molecule has 0 spiro atoms. The van der Waals surface area contributed by atoms with E-state index in [4.69, 9.17) is 5.73 Å². The van der Waals surface area contributed by atoms with Crippen molar-refractivity contribution >= 4 is 11.5 Å². The van der Waals surface area contributed by atoms with Crippen LogP contribution in [0.2, 0.25) is 0 Å². The second kappa shape index (κ2) is 4.94. The van der Waals surface area contributed by atoms with Gasteiger partial charge in [0.1, 0.15) is 5.82 Å². The van der Waals surface area contributed by atoms with Gasteiger partial charge >= 0.3 is 0 Å². The van der Waals surface area contributed by atoms with Crippen molar-refractivity contribution in [2.24, 2.45) is 11.8 Å². The van der Waals surface area contributed by atoms with Crippen LogP contribution in [0.5, 0.6) is 0 Å². The molecule has 0 aliphatic heterocycles. The molecule has 2 rings (SSSR count). The number of aryl methyl sites for hydroxylation is 1. The summed E-state index contributed by atoms with van der Waals surface area (Å²) >= 11 is 0. The largest absolute Gasteiger partial charge is 0.396 e. The molecule has 3 unspecified atom stereocenters. The van der Waals surface area contributed by atoms with Crippen LogP contribution in [0.3, 0.4) is 0 Å². The second-order valence-corrected chi connectivity index (χ2v) is 5.50. The molecule has 0 radical (unpaired) electrons. The Labute approximate surface area is 104 Å². The number of nitrogens with zero attached hydrogens (tertiary/aromatic N) is 1. The van der Waals surface area contributed by atoms with Gasteiger partial charge in [-0.05, 0) is 50.2 Å². The van der Waals surface area contributed by atoms with E-state index >= 15 is 0 Å². The van der Waals surface area contributed by atoms with Crippen molar-refractivity contribution in [3.8, 4) is 0 Å². The molecule has 1 fully saturated rings. The topological polar surface area (TPSA) is 50.9 Å². The van der Waals surface area contributed by atoms with Crippen molar-refractivity contribution in [3.05, 3.63) is 17.8 Å². The van der Waals surface area contributed by atoms with Crippen molar-refractivity contribution in [1.82, 2.24) is 4.98 Å². The summed E-state index contributed by atoms with van der Waals surface area (Å²) in [5.74, 6) is 2.49. The average molecular weight is 233 g/mol. The fourth-order valence-electron chi connectivity index (χ4n) is 2.56. The molecule has 3 heteroatoms. The Kier molecular flexibility index (Phi) is 3.55. The summed E-state index contributed by atoms with van der Waals surface area (Å²) < 4.78 is 0. The molecule has 1 saturated carbocycles. The molecule has 0 amide bonds. The second-order valence-electron chi connectivity index (χ2n) is 5.50. The third-order valence-electron chi connectivity index (χ3n) is 4.00. The first-order valence-corrected chi connectivity index (χ1v) is 6.56. The number of nitrogens with one attached hydrogen (secondary N) is 1. The highest BCUT2D eigenvalue weighted by Gasteiger charge is 2.24. The molecule has 3 N–H and O–H groups in total. The van der Waals surface area contributed by atoms with Gasteiger partial charge in [0.05, 0.1) is 5.69 Å². The SMILES string of the molecule is Cc1ccc(N)c(NC2CCC(C)C(C)C2)n1. The van der Waals surface area contributed by atoms with Gasteiger partial charge < -0.3 is 11.1 Å². The number of pyridine rings is 1. The summed E-state index contributed by atoms with van der Waals surface area (Å²) in [5, 5.41) is 3.50. The van der Waals surface area contributed by atoms with Crippen LogP contribution < -0.4 is 11.1 Å². The van der Waals surface area contributed by atoms with Gasteiger partial charge in [0.15, 0.2) is 0 Å². The minimum absolute atomic E-state index is 0.526. The minimum Gasteiger partial charge on any atom is -0.396 e. The van der Waals surface area contributed by atoms with Gasteiger partial charge in [0.2, 0.25) is 0 Å². The summed E-state index contributed by atoms with van der Waals surface area (Å²) in [4.78, 5) is 4.47. The third kappa shape index (κ3) is 2.90. The summed E-state index contributed by atoms with van der Waals surface area (Å²) in [5.41, 5.74) is 7.71. The molecule has 1 aromatic heterocycles. The lowest BCUT2D eigenvalue weighted by Crippen LogP contribution is -2.31. The predicted octanol–water partition coefficient (Wildman–Crippen LogP) is 3.21. The van der Waals surface area contributed by atoms with E-state index < -0.39 is 0 Å². The van der Waals surface area contributed by atoms with Crippen molar-refractivity contribution in [2.45, 2.75) is 46.1 Å². The average Bonchev–Trinajstić information content (AvgIpc) is 2.29. The molecule has 0 saturated heterocycles. The molecule has 1 aliphatic rings. The lowest BCUT2D eigenvalue weighted by Gasteiger charge is -2.33. The van der Waals surface area contributed by atoms with Gasteiger partial charge in [0, 0.05) is 11.7 Å². The van der Waals surface area contributed by atoms with Gasteiger partial charge in [-0.1, -0.05) is 13.8 Å². The Hall–Kier alpha value is -1.25. The molecular formula is C14H23N3. The zero-order valence-electron chi connectivity index (χ0n) is 11.0. The molecule has 94 valence electrons. The molecule has 3 atom stereocenters. The Balaban J connectivity index is 2.03. The zero-order chi connectivity index (χ0) is 12.4. The van der Waals surface area contributed by atoms with E-state index in [0.29, 0.717) is 6.04 Å². The fraction of sp³-hybridized carbons (Fsp3) is 0.643. The monoisotopic (exact) mass is 233 g/mol. The van der Waals surface area contributed by atoms with Crippen molar-refractivity contribution < 1.29 is 0 Å². The Morgan fingerprint density at radius 3 is 2.71 bits per heavy atom. The van der Waals surface area contributed by atoms with Crippen LogP contribution in [-0.2, 0) is 0 Å². The van der Waals surface area contributed by atoms with E-state index in [9.17, 15) is 0 Å². The van der Waals surface area contributed by atoms with Crippen molar-refractivity contribution in [3.63, 3.8) is 0 Å². The first kappa shape index (κ1) is 12.2. The van der Waals surface area contributed by atoms with E-state index in [1.54, 1.807) is 0 Å². The maximum atomic E-state index is 5.94. The van der Waals surface area contributed by atoms with E-state index in [0.717, 1.165) is 29.0 Å². The summed E-state index contributed by atoms with van der Waals surface area (Å²) in [6.07, 6.45) is 3.74. The Morgan fingerprint density at radius 2 is 2.00 bits per heavy atom. The predicted molar refractivity (Wildman–Crippen MR) is 73.0 cm³/mol. The van der Waals surface area contributed by atoms with Crippen LogP contribution in [0, 0.1) is 18.8 Å². The molecule has 0 bridgehead atoms. The first-order valence-electron chi connectivity index (χ1n) is 6.56. The third-order valence-corrected chi connectivity index (χ3v) is 4.00. The standard InChI is InChI=1S/C14H23N3/c1-9-4-6-12(8-10(9)2)17-14-13(15)7-5-11(3)16-14/h5,7,9-10,12H,4,6,8,15H2,1-3H3,(H,16,17). The van der Waals surface area contributed by atoms with Crippen molar-refractivity contribution in [2.75, 3.05) is 11.1 Å². The van der Waals surface area contributed by atoms with Crippen LogP contribution in [0.1, 0.15) is 38.8 Å². The lowest BCUT2D eigenvalue weighted by molar-refractivity contribution is 0.260. The highest BCUT2D eigenvalue weighted by molar-refractivity contribution is 5.61. The number of hydrogen-bond acceptors (Lipinski definition) is 3. The lowest BCUT2D eigenvalue weighted by atomic mass is 9.79. The molecule has 0 aromatic carbocycles. The quantitative estimate of drug-likeness (QED) is 0.824. The zero-order valence-corrected chi connectivity index (χ0v) is 11.0. The summed E-state index contributed by atoms with van der Waals surface area (Å²) in [6, 6.07) is 4.41. The van der Waals surface area contributed by atoms with Gasteiger partial charge in [-0.3, -0.25) is 0 Å². The van der Waals surface area contributed by atoms with E-state index in [2.05, 4.69) is 24.1 Å². The number of anilines is 2. The number of hydrogen-bond donors (Lipinski definition) is 2. The van der Waals surface area contributed by atoms with E-state index in [1.807, 2.05) is 19.1 Å². The fourth-order valence-corrected chi connectivity index (χ4v) is 2.56. The van der Waals surface area contributed by atoms with Crippen LogP contribution in [0.15, 0.2) is 12.1 Å². The highest BCUT2D eigenvalue weighted by atomic mass is 15.0. The molecule has 1 aliphatic carbocycles. The van der Waals surface area contributed by atoms with Crippen LogP contribution in [-0.4, -0.2) is 11.0 Å². The molecule has 1 aromatic rings. The van der Waals surface area contributed by atoms with E-state index in [1.165, 1.54) is 19.3 Å². The Morgan fingerprint density at radius 1 is 1.24 bits per heavy atom. The van der Waals surface area contributed by atoms with Gasteiger partial charge in [0.25, 0.3) is 0 Å². The Bertz CT molecular complexity index is 389. The normalized spacial score (nSPS) is 29.0. The maximum absolute atomic E-state index is 5.94. The van der Waals surface area contributed by atoms with Crippen LogP contribution in [0.25, 0.3) is 0 Å². The molecular weight excluding hydrogens is 210 g/mol. The molecule has 1 heterocycles. The van der Waals surface area contributed by atoms with Crippen molar-refractivity contribution in [1.29, 1.82) is 0 Å². The summed E-state index contributed by atoms with van der Waals surface area (Å²) in [7, 11) is 0. The molecule has 17 heavy (non-hydrogen) atoms. The number of aromatic nitrogens is 1. The van der Waals surface area contributed by atoms with Gasteiger partial charge in [-0.2, -0.15) is 0 Å². The minimum atomic E-state index is 0.526. The molecule has 3 nitrogen and oxygen atoms in total. The van der Waals surface area contributed by atoms with Gasteiger partial charge in [-0.15, -0.1) is 0 Å². The van der Waals surface area contributed by atoms with Crippen LogP contribution in [0.4, 0.5) is 11.5 Å². The smallest absolute Gasteiger partial charge is 0.149 e. The van der Waals surface area contributed by atoms with E-state index in [-0.39, 0.29) is 0 Å². The maximum Gasteiger partial charge on any atom is 0.149 e. The highest BCUT2D eigenvalue weighted by Crippen LogP contribution is 2.31. The number of nitrogens with two attached hydrogens (primary N) is 1.